The van der Waals surface area contributed by atoms with Crippen LogP contribution >= 0.6 is 0 Å². The molecule has 34 heavy (non-hydrogen) atoms. The highest BCUT2D eigenvalue weighted by Crippen LogP contribution is 2.27. The molecule has 0 fully saturated rings. The first-order valence-corrected chi connectivity index (χ1v) is 11.9. The lowest BCUT2D eigenvalue weighted by atomic mass is 10.00. The van der Waals surface area contributed by atoms with Gasteiger partial charge in [0.2, 0.25) is 5.88 Å². The van der Waals surface area contributed by atoms with Crippen molar-refractivity contribution in [3.05, 3.63) is 53.5 Å². The minimum absolute atomic E-state index is 0.0320. The zero-order chi connectivity index (χ0) is 24.7. The molecule has 7 heteroatoms. The van der Waals surface area contributed by atoms with Crippen LogP contribution in [0.15, 0.2) is 36.7 Å². The Kier molecular flexibility index (Phi) is 9.03. The number of hydrogen-bond donors (Lipinski definition) is 1. The van der Waals surface area contributed by atoms with Crippen LogP contribution in [0.3, 0.4) is 0 Å². The van der Waals surface area contributed by atoms with E-state index in [2.05, 4.69) is 47.5 Å². The quantitative estimate of drug-likeness (QED) is 0.634. The largest absolute Gasteiger partial charge is 0.472 e. The summed E-state index contributed by atoms with van der Waals surface area (Å²) in [4.78, 5) is 26.3. The molecule has 7 nitrogen and oxygen atoms in total. The van der Waals surface area contributed by atoms with Gasteiger partial charge in [-0.2, -0.15) is 0 Å². The molecule has 3 rings (SSSR count). The van der Waals surface area contributed by atoms with Crippen molar-refractivity contribution in [2.24, 2.45) is 11.8 Å². The number of ether oxygens (including phenoxy) is 1. The molecule has 0 unspecified atom stereocenters. The van der Waals surface area contributed by atoms with Crippen molar-refractivity contribution in [1.29, 1.82) is 0 Å². The molecule has 2 aromatic heterocycles. The second-order valence-corrected chi connectivity index (χ2v) is 9.62. The molecule has 0 bridgehead atoms. The lowest BCUT2D eigenvalue weighted by molar-refractivity contribution is 0.0324. The summed E-state index contributed by atoms with van der Waals surface area (Å²) in [5.41, 5.74) is 2.06. The molecule has 0 aromatic carbocycles. The Morgan fingerprint density at radius 2 is 2.09 bits per heavy atom. The second-order valence-electron chi connectivity index (χ2n) is 9.62. The molecule has 182 valence electrons. The maximum atomic E-state index is 13.5. The number of nitrogens with zero attached hydrogens (tertiary/aromatic N) is 4. The lowest BCUT2D eigenvalue weighted by Crippen LogP contribution is -2.49. The van der Waals surface area contributed by atoms with Gasteiger partial charge in [-0.25, -0.2) is 4.98 Å². The van der Waals surface area contributed by atoms with Gasteiger partial charge in [0.25, 0.3) is 5.91 Å². The average molecular weight is 465 g/mol. The van der Waals surface area contributed by atoms with Crippen LogP contribution in [0.25, 0.3) is 0 Å². The first kappa shape index (κ1) is 25.7. The molecular weight excluding hydrogens is 428 g/mol. The van der Waals surface area contributed by atoms with Crippen LogP contribution in [-0.4, -0.2) is 69.7 Å². The van der Waals surface area contributed by atoms with E-state index in [4.69, 9.17) is 4.74 Å². The van der Waals surface area contributed by atoms with Gasteiger partial charge >= 0.3 is 0 Å². The Labute approximate surface area is 203 Å². The summed E-state index contributed by atoms with van der Waals surface area (Å²) in [6.45, 7) is 9.86. The highest BCUT2D eigenvalue weighted by atomic mass is 16.5. The molecule has 2 aromatic rings. The van der Waals surface area contributed by atoms with Gasteiger partial charge in [0.15, 0.2) is 0 Å². The predicted octanol–water partition coefficient (Wildman–Crippen LogP) is 3.23. The van der Waals surface area contributed by atoms with Crippen LogP contribution in [0.2, 0.25) is 0 Å². The van der Waals surface area contributed by atoms with Crippen LogP contribution in [0, 0.1) is 23.7 Å². The monoisotopic (exact) mass is 464 g/mol. The first-order chi connectivity index (χ1) is 16.3. The standard InChI is InChI=1S/C27H36N4O3/c1-19(2)9-8-10-22-13-24-26(29-14-22)34-25(17-30(5)16-23-11-6-7-12-28-23)20(3)15-31(27(24)33)21(4)18-32/h6-7,11-14,19-21,25,32H,9,15-18H2,1-5H3/t20-,21+,25+/m0/s1. The van der Waals surface area contributed by atoms with Gasteiger partial charge in [0.05, 0.1) is 18.3 Å². The van der Waals surface area contributed by atoms with E-state index >= 15 is 0 Å². The van der Waals surface area contributed by atoms with E-state index in [1.54, 1.807) is 23.4 Å². The number of pyridine rings is 2. The Hall–Kier alpha value is -2.95. The number of hydrogen-bond acceptors (Lipinski definition) is 6. The van der Waals surface area contributed by atoms with Crippen molar-refractivity contribution < 1.29 is 14.6 Å². The molecule has 0 aliphatic carbocycles. The number of aliphatic hydroxyl groups is 1. The van der Waals surface area contributed by atoms with Crippen LogP contribution in [0.4, 0.5) is 0 Å². The number of rotatable bonds is 7. The fraction of sp³-hybridized carbons (Fsp3) is 0.519. The fourth-order valence-corrected chi connectivity index (χ4v) is 3.89. The van der Waals surface area contributed by atoms with Crippen LogP contribution in [0.1, 0.15) is 55.7 Å². The minimum Gasteiger partial charge on any atom is -0.472 e. The Morgan fingerprint density at radius 3 is 2.76 bits per heavy atom. The summed E-state index contributed by atoms with van der Waals surface area (Å²) in [7, 11) is 2.03. The third-order valence-electron chi connectivity index (χ3n) is 5.91. The topological polar surface area (TPSA) is 78.8 Å². The van der Waals surface area contributed by atoms with Crippen LogP contribution in [-0.2, 0) is 6.54 Å². The molecule has 0 saturated carbocycles. The van der Waals surface area contributed by atoms with E-state index in [0.29, 0.717) is 42.6 Å². The average Bonchev–Trinajstić information content (AvgIpc) is 2.81. The van der Waals surface area contributed by atoms with E-state index in [1.165, 1.54) is 0 Å². The first-order valence-electron chi connectivity index (χ1n) is 11.9. The highest BCUT2D eigenvalue weighted by molar-refractivity contribution is 5.97. The summed E-state index contributed by atoms with van der Waals surface area (Å²) in [6, 6.07) is 7.33. The molecule has 1 N–H and O–H groups in total. The SMILES string of the molecule is CC(C)CC#Cc1cnc2c(c1)C(=O)N([C@H](C)CO)C[C@H](C)[C@@H](CN(C)Cc1ccccn1)O2. The summed E-state index contributed by atoms with van der Waals surface area (Å²) < 4.78 is 6.36. The molecule has 3 atom stereocenters. The summed E-state index contributed by atoms with van der Waals surface area (Å²) >= 11 is 0. The Morgan fingerprint density at radius 1 is 1.29 bits per heavy atom. The fourth-order valence-electron chi connectivity index (χ4n) is 3.89. The zero-order valence-corrected chi connectivity index (χ0v) is 20.9. The van der Waals surface area contributed by atoms with Crippen LogP contribution < -0.4 is 4.74 Å². The molecule has 1 aliphatic heterocycles. The van der Waals surface area contributed by atoms with E-state index in [-0.39, 0.29) is 30.6 Å². The smallest absolute Gasteiger partial charge is 0.259 e. The van der Waals surface area contributed by atoms with E-state index in [1.807, 2.05) is 32.2 Å². The van der Waals surface area contributed by atoms with Crippen molar-refractivity contribution in [3.63, 3.8) is 0 Å². The number of carbonyl (C=O) groups is 1. The van der Waals surface area contributed by atoms with Crippen molar-refractivity contribution in [2.45, 2.75) is 52.8 Å². The van der Waals surface area contributed by atoms with Gasteiger partial charge in [-0.05, 0) is 38.1 Å². The predicted molar refractivity (Wildman–Crippen MR) is 132 cm³/mol. The maximum absolute atomic E-state index is 13.5. The molecule has 0 spiro atoms. The summed E-state index contributed by atoms with van der Waals surface area (Å²) in [5.74, 6) is 6.90. The third kappa shape index (κ3) is 6.78. The number of carbonyl (C=O) groups excluding carboxylic acids is 1. The number of fused-ring (bicyclic) bond motifs is 1. The van der Waals surface area contributed by atoms with Gasteiger partial charge in [0, 0.05) is 49.9 Å². The van der Waals surface area contributed by atoms with Gasteiger partial charge in [-0.1, -0.05) is 38.7 Å². The molecular formula is C27H36N4O3. The normalized spacial score (nSPS) is 19.1. The molecule has 0 saturated heterocycles. The van der Waals surface area contributed by atoms with E-state index in [9.17, 15) is 9.90 Å². The molecule has 3 heterocycles. The number of likely N-dealkylation sites (N-methyl/N-ethyl adjacent to an activating group) is 1. The third-order valence-corrected chi connectivity index (χ3v) is 5.91. The van der Waals surface area contributed by atoms with E-state index < -0.39 is 0 Å². The van der Waals surface area contributed by atoms with E-state index in [0.717, 1.165) is 12.1 Å². The minimum atomic E-state index is -0.316. The van der Waals surface area contributed by atoms with Gasteiger partial charge in [0.1, 0.15) is 11.7 Å². The highest BCUT2D eigenvalue weighted by Gasteiger charge is 2.34. The molecule has 0 radical (unpaired) electrons. The molecule has 1 amide bonds. The zero-order valence-electron chi connectivity index (χ0n) is 20.9. The maximum Gasteiger partial charge on any atom is 0.259 e. The van der Waals surface area contributed by atoms with Gasteiger partial charge in [-0.3, -0.25) is 14.7 Å². The van der Waals surface area contributed by atoms with Crippen LogP contribution in [0.5, 0.6) is 5.88 Å². The second kappa shape index (κ2) is 12.0. The number of aliphatic hydroxyl groups excluding tert-OH is 1. The van der Waals surface area contributed by atoms with Gasteiger partial charge in [-0.15, -0.1) is 0 Å². The Bertz CT molecular complexity index is 1020. The summed E-state index contributed by atoms with van der Waals surface area (Å²) in [6.07, 6.45) is 4.04. The van der Waals surface area contributed by atoms with Gasteiger partial charge < -0.3 is 14.7 Å². The lowest BCUT2D eigenvalue weighted by Gasteiger charge is -2.37. The van der Waals surface area contributed by atoms with Crippen molar-refractivity contribution in [1.82, 2.24) is 19.8 Å². The van der Waals surface area contributed by atoms with Crippen molar-refractivity contribution in [3.8, 4) is 17.7 Å². The Balaban J connectivity index is 1.89. The molecule has 1 aliphatic rings. The van der Waals surface area contributed by atoms with Crippen molar-refractivity contribution in [2.75, 3.05) is 26.7 Å². The number of amides is 1. The summed E-state index contributed by atoms with van der Waals surface area (Å²) in [5, 5.41) is 9.82. The number of aromatic nitrogens is 2. The van der Waals surface area contributed by atoms with Crippen molar-refractivity contribution >= 4 is 5.91 Å².